The van der Waals surface area contributed by atoms with E-state index >= 15 is 0 Å². The van der Waals surface area contributed by atoms with Crippen molar-refractivity contribution in [3.8, 4) is 11.8 Å². The highest BCUT2D eigenvalue weighted by molar-refractivity contribution is 9.10. The lowest BCUT2D eigenvalue weighted by atomic mass is 10.2. The number of alkyl halides is 3. The number of hydrogen-bond donors (Lipinski definition) is 0. The van der Waals surface area contributed by atoms with Crippen LogP contribution in [0, 0.1) is 18.3 Å². The largest absolute Gasteiger partial charge is 0.573 e. The number of rotatable bonds is 1. The van der Waals surface area contributed by atoms with E-state index in [1.165, 1.54) is 6.92 Å². The first-order valence-corrected chi connectivity index (χ1v) is 4.46. The van der Waals surface area contributed by atoms with Gasteiger partial charge in [-0.15, -0.1) is 13.2 Å². The maximum atomic E-state index is 11.9. The SMILES string of the molecule is Cc1c(OC(F)(F)F)cc(C#N)nc1Br. The topological polar surface area (TPSA) is 45.9 Å². The molecule has 0 unspecified atom stereocenters. The van der Waals surface area contributed by atoms with Gasteiger partial charge in [0.2, 0.25) is 0 Å². The lowest BCUT2D eigenvalue weighted by molar-refractivity contribution is -0.274. The van der Waals surface area contributed by atoms with Crippen LogP contribution in [0.25, 0.3) is 0 Å². The summed E-state index contributed by atoms with van der Waals surface area (Å²) in [6, 6.07) is 2.57. The molecule has 1 aromatic rings. The fourth-order valence-corrected chi connectivity index (χ4v) is 1.23. The first kappa shape index (κ1) is 11.8. The summed E-state index contributed by atoms with van der Waals surface area (Å²) in [6.45, 7) is 1.40. The number of hydrogen-bond acceptors (Lipinski definition) is 3. The van der Waals surface area contributed by atoms with Crippen molar-refractivity contribution in [1.82, 2.24) is 4.98 Å². The molecule has 0 saturated heterocycles. The Labute approximate surface area is 91.6 Å². The van der Waals surface area contributed by atoms with Crippen LogP contribution < -0.4 is 4.74 Å². The van der Waals surface area contributed by atoms with Gasteiger partial charge < -0.3 is 4.74 Å². The molecule has 0 saturated carbocycles. The maximum Gasteiger partial charge on any atom is 0.573 e. The van der Waals surface area contributed by atoms with Crippen molar-refractivity contribution in [2.24, 2.45) is 0 Å². The zero-order chi connectivity index (χ0) is 11.6. The number of nitriles is 1. The van der Waals surface area contributed by atoms with E-state index in [-0.39, 0.29) is 15.9 Å². The fourth-order valence-electron chi connectivity index (χ4n) is 0.844. The summed E-state index contributed by atoms with van der Waals surface area (Å²) in [6.07, 6.45) is -4.78. The van der Waals surface area contributed by atoms with Gasteiger partial charge in [-0.3, -0.25) is 0 Å². The van der Waals surface area contributed by atoms with Gasteiger partial charge in [-0.2, -0.15) is 5.26 Å². The van der Waals surface area contributed by atoms with Crippen LogP contribution in [0.3, 0.4) is 0 Å². The van der Waals surface area contributed by atoms with Crippen molar-refractivity contribution in [1.29, 1.82) is 5.26 Å². The minimum atomic E-state index is -4.78. The zero-order valence-corrected chi connectivity index (χ0v) is 8.98. The molecule has 0 aliphatic carbocycles. The van der Waals surface area contributed by atoms with Crippen LogP contribution in [0.1, 0.15) is 11.3 Å². The van der Waals surface area contributed by atoms with Crippen molar-refractivity contribution < 1.29 is 17.9 Å². The van der Waals surface area contributed by atoms with Crippen molar-refractivity contribution in [3.05, 3.63) is 21.9 Å². The lowest BCUT2D eigenvalue weighted by Gasteiger charge is -2.11. The minimum absolute atomic E-state index is 0.147. The number of halogens is 4. The second-order valence-electron chi connectivity index (χ2n) is 2.58. The number of ether oxygens (including phenoxy) is 1. The molecule has 0 N–H and O–H groups in total. The Kier molecular flexibility index (Phi) is 3.19. The van der Waals surface area contributed by atoms with Gasteiger partial charge in [0.15, 0.2) is 0 Å². The summed E-state index contributed by atoms with van der Waals surface area (Å²) in [5.74, 6) is -0.430. The highest BCUT2D eigenvalue weighted by atomic mass is 79.9. The van der Waals surface area contributed by atoms with E-state index in [9.17, 15) is 13.2 Å². The van der Waals surface area contributed by atoms with Gasteiger partial charge >= 0.3 is 6.36 Å². The van der Waals surface area contributed by atoms with E-state index in [2.05, 4.69) is 25.7 Å². The Bertz CT molecular complexity index is 425. The Hall–Kier alpha value is -1.29. The highest BCUT2D eigenvalue weighted by Crippen LogP contribution is 2.30. The second-order valence-corrected chi connectivity index (χ2v) is 3.33. The van der Waals surface area contributed by atoms with Gasteiger partial charge in [-0.1, -0.05) is 0 Å². The van der Waals surface area contributed by atoms with Crippen LogP contribution in [0.15, 0.2) is 10.7 Å². The van der Waals surface area contributed by atoms with Crippen molar-refractivity contribution in [3.63, 3.8) is 0 Å². The molecule has 0 aliphatic rings. The summed E-state index contributed by atoms with van der Waals surface area (Å²) in [7, 11) is 0. The zero-order valence-electron chi connectivity index (χ0n) is 7.39. The molecule has 7 heteroatoms. The molecule has 0 spiro atoms. The van der Waals surface area contributed by atoms with Gasteiger partial charge in [0.05, 0.1) is 0 Å². The van der Waals surface area contributed by atoms with Crippen LogP contribution in [-0.4, -0.2) is 11.3 Å². The molecule has 1 aromatic heterocycles. The molecule has 1 heterocycles. The minimum Gasteiger partial charge on any atom is -0.405 e. The van der Waals surface area contributed by atoms with Crippen LogP contribution in [0.2, 0.25) is 0 Å². The van der Waals surface area contributed by atoms with Crippen molar-refractivity contribution >= 4 is 15.9 Å². The van der Waals surface area contributed by atoms with Crippen LogP contribution >= 0.6 is 15.9 Å². The molecule has 0 amide bonds. The van der Waals surface area contributed by atoms with Gasteiger partial charge in [-0.25, -0.2) is 4.98 Å². The quantitative estimate of drug-likeness (QED) is 0.743. The predicted molar refractivity (Wildman–Crippen MR) is 48.1 cm³/mol. The maximum absolute atomic E-state index is 11.9. The average molecular weight is 281 g/mol. The van der Waals surface area contributed by atoms with Gasteiger partial charge in [-0.05, 0) is 22.9 Å². The second kappa shape index (κ2) is 4.06. The fraction of sp³-hybridized carbons (Fsp3) is 0.250. The van der Waals surface area contributed by atoms with Gasteiger partial charge in [0.25, 0.3) is 0 Å². The molecule has 0 bridgehead atoms. The molecular weight excluding hydrogens is 277 g/mol. The molecular formula is C8H4BrF3N2O. The first-order chi connectivity index (χ1) is 6.83. The Morgan fingerprint density at radius 1 is 1.53 bits per heavy atom. The summed E-state index contributed by atoms with van der Waals surface area (Å²) >= 11 is 2.94. The smallest absolute Gasteiger partial charge is 0.405 e. The van der Waals surface area contributed by atoms with Crippen LogP contribution in [0.4, 0.5) is 13.2 Å². The van der Waals surface area contributed by atoms with E-state index < -0.39 is 12.1 Å². The summed E-state index contributed by atoms with van der Waals surface area (Å²) in [5.41, 5.74) is 0.0399. The molecule has 0 aromatic carbocycles. The van der Waals surface area contributed by atoms with E-state index in [0.717, 1.165) is 6.07 Å². The third-order valence-corrected chi connectivity index (χ3v) is 2.28. The average Bonchev–Trinajstić information content (AvgIpc) is 2.10. The van der Waals surface area contributed by atoms with Crippen molar-refractivity contribution in [2.45, 2.75) is 13.3 Å². The van der Waals surface area contributed by atoms with Crippen molar-refractivity contribution in [2.75, 3.05) is 0 Å². The van der Waals surface area contributed by atoms with Crippen LogP contribution in [0.5, 0.6) is 5.75 Å². The summed E-state index contributed by atoms with van der Waals surface area (Å²) in [4.78, 5) is 3.69. The lowest BCUT2D eigenvalue weighted by Crippen LogP contribution is -2.18. The molecule has 1 rings (SSSR count). The summed E-state index contributed by atoms with van der Waals surface area (Å²) < 4.78 is 39.7. The first-order valence-electron chi connectivity index (χ1n) is 3.66. The molecule has 0 atom stereocenters. The Morgan fingerprint density at radius 3 is 2.60 bits per heavy atom. The standard InChI is InChI=1S/C8H4BrF3N2O/c1-4-6(15-8(10,11)12)2-5(3-13)14-7(4)9/h2H,1H3. The van der Waals surface area contributed by atoms with E-state index in [1.54, 1.807) is 6.07 Å². The molecule has 0 fully saturated rings. The molecule has 80 valence electrons. The predicted octanol–water partition coefficient (Wildman–Crippen LogP) is 2.92. The van der Waals surface area contributed by atoms with E-state index in [1.807, 2.05) is 0 Å². The highest BCUT2D eigenvalue weighted by Gasteiger charge is 2.32. The van der Waals surface area contributed by atoms with Gasteiger partial charge in [0, 0.05) is 11.6 Å². The number of nitrogens with zero attached hydrogens (tertiary/aromatic N) is 2. The monoisotopic (exact) mass is 280 g/mol. The normalized spacial score (nSPS) is 10.9. The molecule has 0 aliphatic heterocycles. The van der Waals surface area contributed by atoms with E-state index in [4.69, 9.17) is 5.26 Å². The summed E-state index contributed by atoms with van der Waals surface area (Å²) in [5, 5.41) is 8.51. The number of pyridine rings is 1. The van der Waals surface area contributed by atoms with Gasteiger partial charge in [0.1, 0.15) is 22.1 Å². The third-order valence-electron chi connectivity index (χ3n) is 1.51. The molecule has 0 radical (unpaired) electrons. The number of aromatic nitrogens is 1. The van der Waals surface area contributed by atoms with E-state index in [0.29, 0.717) is 0 Å². The molecule has 15 heavy (non-hydrogen) atoms. The Balaban J connectivity index is 3.18. The molecule has 3 nitrogen and oxygen atoms in total. The Morgan fingerprint density at radius 2 is 2.13 bits per heavy atom. The van der Waals surface area contributed by atoms with Crippen LogP contribution in [-0.2, 0) is 0 Å². The third kappa shape index (κ3) is 3.09.